The van der Waals surface area contributed by atoms with Crippen molar-refractivity contribution in [2.24, 2.45) is 0 Å². The first-order chi connectivity index (χ1) is 20.8. The van der Waals surface area contributed by atoms with Crippen LogP contribution in [0.2, 0.25) is 5.02 Å². The Labute approximate surface area is 251 Å². The number of aromatic hydroxyl groups is 1. The minimum atomic E-state index is -0.901. The van der Waals surface area contributed by atoms with Gasteiger partial charge in [-0.3, -0.25) is 4.90 Å². The van der Waals surface area contributed by atoms with Gasteiger partial charge in [0.1, 0.15) is 35.7 Å². The molecule has 0 aliphatic carbocycles. The molecule has 4 atom stereocenters. The van der Waals surface area contributed by atoms with Crippen LogP contribution in [0.1, 0.15) is 32.1 Å². The fraction of sp³-hybridized carbons (Fsp3) is 0.438. The van der Waals surface area contributed by atoms with Crippen molar-refractivity contribution < 1.29 is 23.0 Å². The third-order valence-electron chi connectivity index (χ3n) is 9.80. The summed E-state index contributed by atoms with van der Waals surface area (Å²) >= 11 is 6.38. The van der Waals surface area contributed by atoms with E-state index in [0.717, 1.165) is 45.3 Å². The highest BCUT2D eigenvalue weighted by Gasteiger charge is 2.49. The van der Waals surface area contributed by atoms with Crippen LogP contribution in [0.3, 0.4) is 0 Å². The molecule has 4 fully saturated rings. The van der Waals surface area contributed by atoms with Gasteiger partial charge >= 0.3 is 6.01 Å². The first-order valence-electron chi connectivity index (χ1n) is 14.9. The molecule has 0 spiro atoms. The van der Waals surface area contributed by atoms with E-state index < -0.39 is 23.3 Å². The average molecular weight is 610 g/mol. The summed E-state index contributed by atoms with van der Waals surface area (Å²) in [5.41, 5.74) is 0.0203. The standard InChI is InChI=1S/C32H31ClF3N5O2/c33-27-25(35)7-2-17-10-21(42)11-24(26(17)27)22-5-6-23-29(28(22)36)38-31(39-30(23)40-14-19-3-4-20(15-40)37-19)43-16-32-8-1-9-41(32)13-18(34)12-32/h2,5-7,10-11,18-20,37,42H,1,3-4,8-9,12-16H2/t18-,19?,20?,32+/m1/s1. The van der Waals surface area contributed by atoms with Crippen molar-refractivity contribution in [2.75, 3.05) is 37.7 Å². The highest BCUT2D eigenvalue weighted by molar-refractivity contribution is 6.37. The molecule has 0 radical (unpaired) electrons. The minimum Gasteiger partial charge on any atom is -0.508 e. The van der Waals surface area contributed by atoms with Crippen molar-refractivity contribution >= 4 is 39.1 Å². The highest BCUT2D eigenvalue weighted by atomic mass is 35.5. The Bertz CT molecular complexity index is 1760. The zero-order chi connectivity index (χ0) is 29.5. The summed E-state index contributed by atoms with van der Waals surface area (Å²) in [4.78, 5) is 13.7. The number of piperazine rings is 1. The van der Waals surface area contributed by atoms with E-state index in [1.807, 2.05) is 0 Å². The second-order valence-corrected chi connectivity index (χ2v) is 12.9. The fourth-order valence-electron chi connectivity index (χ4n) is 7.85. The maximum atomic E-state index is 16.7. The topological polar surface area (TPSA) is 73.8 Å². The van der Waals surface area contributed by atoms with Crippen molar-refractivity contribution in [3.63, 3.8) is 0 Å². The van der Waals surface area contributed by atoms with Gasteiger partial charge in [-0.05, 0) is 67.4 Å². The number of hydrogen-bond acceptors (Lipinski definition) is 7. The lowest BCUT2D eigenvalue weighted by Gasteiger charge is -2.34. The van der Waals surface area contributed by atoms with Gasteiger partial charge in [0, 0.05) is 54.5 Å². The van der Waals surface area contributed by atoms with Crippen LogP contribution in [0.5, 0.6) is 11.8 Å². The van der Waals surface area contributed by atoms with E-state index in [9.17, 15) is 13.9 Å². The number of alkyl halides is 1. The molecule has 4 saturated heterocycles. The average Bonchev–Trinajstić information content (AvgIpc) is 3.63. The highest BCUT2D eigenvalue weighted by Crippen LogP contribution is 2.43. The second kappa shape index (κ2) is 10.1. The lowest BCUT2D eigenvalue weighted by Crippen LogP contribution is -2.51. The van der Waals surface area contributed by atoms with Crippen LogP contribution in [0, 0.1) is 11.6 Å². The van der Waals surface area contributed by atoms with Crippen LogP contribution in [0.4, 0.5) is 19.0 Å². The fourth-order valence-corrected chi connectivity index (χ4v) is 8.12. The molecule has 1 aromatic heterocycles. The molecule has 0 saturated carbocycles. The van der Waals surface area contributed by atoms with Gasteiger partial charge in [-0.1, -0.05) is 23.7 Å². The lowest BCUT2D eigenvalue weighted by molar-refractivity contribution is 0.107. The molecule has 11 heteroatoms. The normalized spacial score (nSPS) is 27.0. The number of phenolic OH excluding ortho intramolecular Hbond substituents is 1. The largest absolute Gasteiger partial charge is 0.508 e. The summed E-state index contributed by atoms with van der Waals surface area (Å²) in [6, 6.07) is 9.61. The summed E-state index contributed by atoms with van der Waals surface area (Å²) in [5.74, 6) is -0.805. The Hall–Kier alpha value is -3.34. The molecular formula is C32H31ClF3N5O2. The van der Waals surface area contributed by atoms with Crippen LogP contribution < -0.4 is 15.0 Å². The molecule has 2 unspecified atom stereocenters. The summed E-state index contributed by atoms with van der Waals surface area (Å²) in [6.07, 6.45) is 3.43. The lowest BCUT2D eigenvalue weighted by atomic mass is 9.95. The van der Waals surface area contributed by atoms with E-state index >= 15 is 4.39 Å². The van der Waals surface area contributed by atoms with Crippen LogP contribution in [0.15, 0.2) is 36.4 Å². The van der Waals surface area contributed by atoms with E-state index in [-0.39, 0.29) is 40.0 Å². The molecule has 4 aliphatic heterocycles. The summed E-state index contributed by atoms with van der Waals surface area (Å²) in [7, 11) is 0. The number of rotatable bonds is 5. The summed E-state index contributed by atoms with van der Waals surface area (Å²) in [6.45, 7) is 2.89. The number of benzene rings is 3. The second-order valence-electron chi connectivity index (χ2n) is 12.5. The number of nitrogens with zero attached hydrogens (tertiary/aromatic N) is 4. The minimum absolute atomic E-state index is 0.0396. The first-order valence-corrected chi connectivity index (χ1v) is 15.3. The molecule has 4 aromatic rings. The Balaban J connectivity index is 1.26. The molecule has 5 heterocycles. The SMILES string of the molecule is Oc1cc(-c2ccc3c(N4CC5CCC(C4)N5)nc(OC[C@@]45CCCN4C[C@H](F)C5)nc3c2F)c2c(Cl)c(F)ccc2c1. The molecule has 2 bridgehead atoms. The molecular weight excluding hydrogens is 579 g/mol. The molecule has 4 aliphatic rings. The maximum Gasteiger partial charge on any atom is 0.319 e. The Morgan fingerprint density at radius 2 is 1.86 bits per heavy atom. The van der Waals surface area contributed by atoms with Crippen LogP contribution in [-0.4, -0.2) is 76.6 Å². The van der Waals surface area contributed by atoms with Gasteiger partial charge in [0.15, 0.2) is 5.82 Å². The van der Waals surface area contributed by atoms with Crippen LogP contribution >= 0.6 is 11.6 Å². The smallest absolute Gasteiger partial charge is 0.319 e. The third kappa shape index (κ3) is 4.48. The molecule has 7 nitrogen and oxygen atoms in total. The van der Waals surface area contributed by atoms with Crippen molar-refractivity contribution in [2.45, 2.75) is 55.9 Å². The Morgan fingerprint density at radius 1 is 1.05 bits per heavy atom. The van der Waals surface area contributed by atoms with Gasteiger partial charge < -0.3 is 20.1 Å². The zero-order valence-electron chi connectivity index (χ0n) is 23.4. The van der Waals surface area contributed by atoms with E-state index in [4.69, 9.17) is 21.3 Å². The van der Waals surface area contributed by atoms with E-state index in [2.05, 4.69) is 20.1 Å². The van der Waals surface area contributed by atoms with Gasteiger partial charge in [-0.2, -0.15) is 9.97 Å². The predicted molar refractivity (Wildman–Crippen MR) is 160 cm³/mol. The molecule has 3 aromatic carbocycles. The van der Waals surface area contributed by atoms with Gasteiger partial charge in [-0.25, -0.2) is 13.2 Å². The van der Waals surface area contributed by atoms with Gasteiger partial charge in [0.05, 0.1) is 10.6 Å². The van der Waals surface area contributed by atoms with Crippen molar-refractivity contribution in [3.05, 3.63) is 53.1 Å². The number of nitrogens with one attached hydrogen (secondary N) is 1. The quantitative estimate of drug-likeness (QED) is 0.288. The molecule has 0 amide bonds. The maximum absolute atomic E-state index is 16.7. The number of halogens is 4. The summed E-state index contributed by atoms with van der Waals surface area (Å²) in [5, 5.41) is 15.2. The molecule has 2 N–H and O–H groups in total. The molecule has 8 rings (SSSR count). The summed E-state index contributed by atoms with van der Waals surface area (Å²) < 4.78 is 51.9. The number of fused-ring (bicyclic) bond motifs is 5. The Morgan fingerprint density at radius 3 is 2.67 bits per heavy atom. The first kappa shape index (κ1) is 27.2. The number of hydrogen-bond donors (Lipinski definition) is 2. The number of ether oxygens (including phenoxy) is 1. The monoisotopic (exact) mass is 609 g/mol. The van der Waals surface area contributed by atoms with E-state index in [1.165, 1.54) is 24.3 Å². The molecule has 43 heavy (non-hydrogen) atoms. The van der Waals surface area contributed by atoms with Gasteiger partial charge in [0.25, 0.3) is 0 Å². The molecule has 224 valence electrons. The third-order valence-corrected chi connectivity index (χ3v) is 10.2. The van der Waals surface area contributed by atoms with Crippen LogP contribution in [-0.2, 0) is 0 Å². The predicted octanol–water partition coefficient (Wildman–Crippen LogP) is 5.98. The van der Waals surface area contributed by atoms with Crippen molar-refractivity contribution in [3.8, 4) is 22.9 Å². The van der Waals surface area contributed by atoms with E-state index in [1.54, 1.807) is 12.1 Å². The van der Waals surface area contributed by atoms with E-state index in [0.29, 0.717) is 47.0 Å². The van der Waals surface area contributed by atoms with Gasteiger partial charge in [0.2, 0.25) is 0 Å². The Kier molecular flexibility index (Phi) is 6.40. The van der Waals surface area contributed by atoms with Crippen LogP contribution in [0.25, 0.3) is 32.8 Å². The van der Waals surface area contributed by atoms with Crippen molar-refractivity contribution in [1.29, 1.82) is 0 Å². The van der Waals surface area contributed by atoms with Gasteiger partial charge in [-0.15, -0.1) is 0 Å². The van der Waals surface area contributed by atoms with Crippen molar-refractivity contribution in [1.82, 2.24) is 20.2 Å². The number of anilines is 1. The zero-order valence-corrected chi connectivity index (χ0v) is 24.2. The number of aromatic nitrogens is 2. The number of phenols is 1.